The fourth-order valence-electron chi connectivity index (χ4n) is 1.19. The van der Waals surface area contributed by atoms with E-state index < -0.39 is 0 Å². The molecule has 0 unspecified atom stereocenters. The molecule has 0 spiro atoms. The van der Waals surface area contributed by atoms with Crippen molar-refractivity contribution in [1.29, 1.82) is 0 Å². The van der Waals surface area contributed by atoms with Crippen LogP contribution in [0.2, 0.25) is 5.02 Å². The van der Waals surface area contributed by atoms with Gasteiger partial charge in [0.05, 0.1) is 5.02 Å². The van der Waals surface area contributed by atoms with Gasteiger partial charge in [0.2, 0.25) is 0 Å². The minimum Gasteiger partial charge on any atom is -0.383 e. The highest BCUT2D eigenvalue weighted by atomic mass is 35.5. The average Bonchev–Trinajstić information content (AvgIpc) is 2.27. The maximum Gasteiger partial charge on any atom is 0.253 e. The topological polar surface area (TPSA) is 84.7 Å². The molecule has 0 aliphatic carbocycles. The van der Waals surface area contributed by atoms with E-state index in [0.717, 1.165) is 5.56 Å². The fraction of sp³-hybridized carbons (Fsp3) is 0.100. The number of nitrogens with one attached hydrogen (secondary N) is 1. The van der Waals surface area contributed by atoms with E-state index in [2.05, 4.69) is 15.0 Å². The summed E-state index contributed by atoms with van der Waals surface area (Å²) in [6.07, 6.45) is 3.24. The Hall–Kier alpha value is -1.53. The summed E-state index contributed by atoms with van der Waals surface area (Å²) in [5.41, 5.74) is 6.14. The van der Waals surface area contributed by atoms with Crippen LogP contribution in [0.4, 0.5) is 5.82 Å². The lowest BCUT2D eigenvalue weighted by Crippen LogP contribution is -2.09. The zero-order valence-corrected chi connectivity index (χ0v) is 10.3. The van der Waals surface area contributed by atoms with Gasteiger partial charge in [-0.15, -0.1) is 0 Å². The number of rotatable bonds is 3. The molecule has 7 heteroatoms. The lowest BCUT2D eigenvalue weighted by molar-refractivity contribution is 0.945. The summed E-state index contributed by atoms with van der Waals surface area (Å²) in [7, 11) is 0. The normalized spacial score (nSPS) is 10.4. The SMILES string of the molecule is Nc1cc(=O)[nH]c(SCc2ccncc2Cl)n1. The van der Waals surface area contributed by atoms with Gasteiger partial charge in [0, 0.05) is 24.2 Å². The summed E-state index contributed by atoms with van der Waals surface area (Å²) in [6.45, 7) is 0. The zero-order valence-electron chi connectivity index (χ0n) is 8.68. The molecule has 88 valence electrons. The number of anilines is 1. The molecule has 17 heavy (non-hydrogen) atoms. The first-order valence-electron chi connectivity index (χ1n) is 4.73. The monoisotopic (exact) mass is 268 g/mol. The van der Waals surface area contributed by atoms with E-state index in [4.69, 9.17) is 17.3 Å². The summed E-state index contributed by atoms with van der Waals surface area (Å²) in [5.74, 6) is 0.797. The van der Waals surface area contributed by atoms with Gasteiger partial charge in [-0.05, 0) is 11.6 Å². The highest BCUT2D eigenvalue weighted by Crippen LogP contribution is 2.23. The van der Waals surface area contributed by atoms with Crippen LogP contribution in [0.25, 0.3) is 0 Å². The van der Waals surface area contributed by atoms with Crippen LogP contribution in [-0.4, -0.2) is 15.0 Å². The molecule has 0 amide bonds. The van der Waals surface area contributed by atoms with Crippen molar-refractivity contribution >= 4 is 29.2 Å². The lowest BCUT2D eigenvalue weighted by atomic mass is 10.3. The number of thioether (sulfide) groups is 1. The Morgan fingerprint density at radius 1 is 1.53 bits per heavy atom. The zero-order chi connectivity index (χ0) is 12.3. The van der Waals surface area contributed by atoms with Crippen LogP contribution in [-0.2, 0) is 5.75 Å². The first kappa shape index (κ1) is 11.9. The number of nitrogens with two attached hydrogens (primary N) is 1. The highest BCUT2D eigenvalue weighted by molar-refractivity contribution is 7.98. The molecule has 0 saturated heterocycles. The summed E-state index contributed by atoms with van der Waals surface area (Å²) in [6, 6.07) is 3.06. The number of pyridine rings is 1. The van der Waals surface area contributed by atoms with Crippen LogP contribution in [0, 0.1) is 0 Å². The fourth-order valence-corrected chi connectivity index (χ4v) is 2.34. The van der Waals surface area contributed by atoms with Gasteiger partial charge < -0.3 is 10.7 Å². The molecule has 0 aliphatic rings. The Bertz CT molecular complexity index is 587. The highest BCUT2D eigenvalue weighted by Gasteiger charge is 2.03. The minimum absolute atomic E-state index is 0.206. The molecule has 0 radical (unpaired) electrons. The van der Waals surface area contributed by atoms with E-state index in [1.807, 2.05) is 6.07 Å². The van der Waals surface area contributed by atoms with Crippen molar-refractivity contribution in [2.75, 3.05) is 5.73 Å². The molecule has 0 fully saturated rings. The van der Waals surface area contributed by atoms with Gasteiger partial charge >= 0.3 is 0 Å². The number of hydrogen-bond acceptors (Lipinski definition) is 5. The van der Waals surface area contributed by atoms with Crippen molar-refractivity contribution in [1.82, 2.24) is 15.0 Å². The molecular formula is C10H9ClN4OS. The molecular weight excluding hydrogens is 260 g/mol. The number of aromatic amines is 1. The van der Waals surface area contributed by atoms with E-state index in [9.17, 15) is 4.79 Å². The third-order valence-corrected chi connectivity index (χ3v) is 3.22. The van der Waals surface area contributed by atoms with Crippen LogP contribution in [0.15, 0.2) is 34.5 Å². The second-order valence-corrected chi connectivity index (χ2v) is 4.60. The first-order valence-corrected chi connectivity index (χ1v) is 6.09. The molecule has 2 aromatic rings. The van der Waals surface area contributed by atoms with Crippen molar-refractivity contribution in [3.63, 3.8) is 0 Å². The molecule has 2 aromatic heterocycles. The molecule has 0 aliphatic heterocycles. The first-order chi connectivity index (χ1) is 8.15. The average molecular weight is 269 g/mol. The molecule has 2 rings (SSSR count). The van der Waals surface area contributed by atoms with Gasteiger partial charge in [0.1, 0.15) is 5.82 Å². The van der Waals surface area contributed by atoms with Crippen molar-refractivity contribution in [3.8, 4) is 0 Å². The van der Waals surface area contributed by atoms with Crippen LogP contribution < -0.4 is 11.3 Å². The van der Waals surface area contributed by atoms with E-state index in [-0.39, 0.29) is 11.4 Å². The summed E-state index contributed by atoms with van der Waals surface area (Å²) < 4.78 is 0. The maximum absolute atomic E-state index is 11.2. The standard InChI is InChI=1S/C10H9ClN4OS/c11-7-4-13-2-1-6(7)5-17-10-14-8(12)3-9(16)15-10/h1-4H,5H2,(H3,12,14,15,16). The molecule has 5 nitrogen and oxygen atoms in total. The Labute approximate surface area is 106 Å². The van der Waals surface area contributed by atoms with Crippen molar-refractivity contribution in [2.24, 2.45) is 0 Å². The van der Waals surface area contributed by atoms with Crippen LogP contribution in [0.3, 0.4) is 0 Å². The second kappa shape index (κ2) is 5.20. The number of aromatic nitrogens is 3. The van der Waals surface area contributed by atoms with E-state index in [1.165, 1.54) is 17.8 Å². The van der Waals surface area contributed by atoms with Crippen LogP contribution in [0.1, 0.15) is 5.56 Å². The van der Waals surface area contributed by atoms with E-state index in [0.29, 0.717) is 15.9 Å². The predicted molar refractivity (Wildman–Crippen MR) is 68.1 cm³/mol. The maximum atomic E-state index is 11.2. The quantitative estimate of drug-likeness (QED) is 0.654. The van der Waals surface area contributed by atoms with Gasteiger partial charge in [0.25, 0.3) is 5.56 Å². The smallest absolute Gasteiger partial charge is 0.253 e. The molecule has 0 bridgehead atoms. The van der Waals surface area contributed by atoms with E-state index >= 15 is 0 Å². The third kappa shape index (κ3) is 3.21. The Morgan fingerprint density at radius 3 is 3.06 bits per heavy atom. The lowest BCUT2D eigenvalue weighted by Gasteiger charge is -2.03. The van der Waals surface area contributed by atoms with E-state index in [1.54, 1.807) is 12.4 Å². The predicted octanol–water partition coefficient (Wildman–Crippen LogP) is 1.69. The largest absolute Gasteiger partial charge is 0.383 e. The van der Waals surface area contributed by atoms with Gasteiger partial charge in [-0.3, -0.25) is 9.78 Å². The number of nitrogen functional groups attached to an aromatic ring is 1. The molecule has 3 N–H and O–H groups in total. The van der Waals surface area contributed by atoms with Crippen LogP contribution >= 0.6 is 23.4 Å². The number of H-pyrrole nitrogens is 1. The third-order valence-electron chi connectivity index (χ3n) is 1.96. The molecule has 0 atom stereocenters. The molecule has 0 aromatic carbocycles. The summed E-state index contributed by atoms with van der Waals surface area (Å²) >= 11 is 7.32. The summed E-state index contributed by atoms with van der Waals surface area (Å²) in [4.78, 5) is 21.7. The van der Waals surface area contributed by atoms with Gasteiger partial charge in [-0.2, -0.15) is 0 Å². The number of nitrogens with zero attached hydrogens (tertiary/aromatic N) is 2. The Morgan fingerprint density at radius 2 is 2.35 bits per heavy atom. The molecule has 0 saturated carbocycles. The Kier molecular flexibility index (Phi) is 3.65. The van der Waals surface area contributed by atoms with Gasteiger partial charge in [-0.1, -0.05) is 23.4 Å². The Balaban J connectivity index is 2.13. The number of hydrogen-bond donors (Lipinski definition) is 2. The van der Waals surface area contributed by atoms with Gasteiger partial charge in [-0.25, -0.2) is 4.98 Å². The van der Waals surface area contributed by atoms with Crippen molar-refractivity contribution in [3.05, 3.63) is 45.5 Å². The minimum atomic E-state index is -0.263. The second-order valence-electron chi connectivity index (χ2n) is 3.23. The molecule has 2 heterocycles. The van der Waals surface area contributed by atoms with Crippen molar-refractivity contribution in [2.45, 2.75) is 10.9 Å². The van der Waals surface area contributed by atoms with Gasteiger partial charge in [0.15, 0.2) is 5.16 Å². The number of halogens is 1. The van der Waals surface area contributed by atoms with Crippen LogP contribution in [0.5, 0.6) is 0 Å². The van der Waals surface area contributed by atoms with Crippen molar-refractivity contribution < 1.29 is 0 Å². The summed E-state index contributed by atoms with van der Waals surface area (Å²) in [5, 5.41) is 1.06.